The molecular formula is C20H23N3O5S. The number of benzene rings is 1. The van der Waals surface area contributed by atoms with Crippen molar-refractivity contribution < 1.29 is 24.1 Å². The van der Waals surface area contributed by atoms with Gasteiger partial charge < -0.3 is 33.9 Å². The van der Waals surface area contributed by atoms with Crippen LogP contribution in [0.1, 0.15) is 10.9 Å². The molecule has 0 amide bonds. The van der Waals surface area contributed by atoms with Crippen LogP contribution in [0.25, 0.3) is 11.0 Å². The van der Waals surface area contributed by atoms with Gasteiger partial charge in [0.15, 0.2) is 17.8 Å². The highest BCUT2D eigenvalue weighted by molar-refractivity contribution is 7.09. The summed E-state index contributed by atoms with van der Waals surface area (Å²) in [5.74, 6) is 1.21. The van der Waals surface area contributed by atoms with Gasteiger partial charge in [0.1, 0.15) is 12.1 Å². The summed E-state index contributed by atoms with van der Waals surface area (Å²) in [4.78, 5) is 5.70. The summed E-state index contributed by atoms with van der Waals surface area (Å²) in [5.41, 5.74) is 1.57. The molecule has 29 heavy (non-hydrogen) atoms. The van der Waals surface area contributed by atoms with E-state index in [9.17, 15) is 5.11 Å². The van der Waals surface area contributed by atoms with E-state index >= 15 is 0 Å². The van der Waals surface area contributed by atoms with Gasteiger partial charge in [0.2, 0.25) is 0 Å². The van der Waals surface area contributed by atoms with Crippen molar-refractivity contribution >= 4 is 22.4 Å². The summed E-state index contributed by atoms with van der Waals surface area (Å²) < 4.78 is 24.7. The van der Waals surface area contributed by atoms with Gasteiger partial charge in [-0.05, 0) is 11.4 Å². The number of aromatic nitrogens is 2. The van der Waals surface area contributed by atoms with Gasteiger partial charge in [-0.25, -0.2) is 4.98 Å². The van der Waals surface area contributed by atoms with E-state index in [2.05, 4.69) is 16.4 Å². The summed E-state index contributed by atoms with van der Waals surface area (Å²) in [7, 11) is 3.19. The number of hydrogen-bond acceptors (Lipinski definition) is 8. The van der Waals surface area contributed by atoms with Crippen molar-refractivity contribution in [3.63, 3.8) is 0 Å². The van der Waals surface area contributed by atoms with E-state index in [0.717, 1.165) is 11.0 Å². The number of fused-ring (bicyclic) bond motifs is 3. The van der Waals surface area contributed by atoms with E-state index in [1.54, 1.807) is 31.9 Å². The Morgan fingerprint density at radius 1 is 1.31 bits per heavy atom. The van der Waals surface area contributed by atoms with Gasteiger partial charge in [-0.2, -0.15) is 0 Å². The molecule has 154 valence electrons. The number of aliphatic hydroxyl groups excluding tert-OH is 1. The molecule has 2 aliphatic rings. The fraction of sp³-hybridized carbons (Fsp3) is 0.450. The molecule has 0 aliphatic carbocycles. The lowest BCUT2D eigenvalue weighted by atomic mass is 9.95. The van der Waals surface area contributed by atoms with Crippen LogP contribution in [0, 0.1) is 0 Å². The summed E-state index contributed by atoms with van der Waals surface area (Å²) >= 11 is 1.68. The first-order valence-electron chi connectivity index (χ1n) is 9.49. The summed E-state index contributed by atoms with van der Waals surface area (Å²) in [6.45, 7) is 1.12. The number of thiophene rings is 1. The van der Waals surface area contributed by atoms with Crippen LogP contribution in [0.4, 0.5) is 0 Å². The maximum atomic E-state index is 11.3. The molecule has 0 unspecified atom stereocenters. The lowest BCUT2D eigenvalue weighted by Crippen LogP contribution is -2.57. The maximum Gasteiger partial charge on any atom is 0.181 e. The Kier molecular flexibility index (Phi) is 4.92. The standard InChI is InChI=1S/C20H23N3O5S/c1-25-14-6-12-13(7-15(14)26-2)23(10-22-12)18-19(24)17(16-9-27-20(18)28-16)21-8-11-4-3-5-29-11/h3-7,10,16-21,24H,8-9H2,1-2H3/t16-,17-,18-,19+,20-/m1/s1. The lowest BCUT2D eigenvalue weighted by molar-refractivity contribution is -0.164. The topological polar surface area (TPSA) is 87.0 Å². The van der Waals surface area contributed by atoms with E-state index in [0.29, 0.717) is 24.7 Å². The first-order valence-corrected chi connectivity index (χ1v) is 10.4. The molecule has 2 bridgehead atoms. The number of methoxy groups -OCH3 is 2. The molecule has 8 nitrogen and oxygen atoms in total. The van der Waals surface area contributed by atoms with Crippen LogP contribution in [0.3, 0.4) is 0 Å². The second-order valence-electron chi connectivity index (χ2n) is 7.19. The van der Waals surface area contributed by atoms with E-state index < -0.39 is 18.4 Å². The van der Waals surface area contributed by atoms with Crippen molar-refractivity contribution in [1.29, 1.82) is 0 Å². The summed E-state index contributed by atoms with van der Waals surface area (Å²) in [6, 6.07) is 7.10. The third kappa shape index (κ3) is 3.19. The Morgan fingerprint density at radius 3 is 2.90 bits per heavy atom. The summed E-state index contributed by atoms with van der Waals surface area (Å²) in [6.07, 6.45) is 0.293. The number of nitrogens with one attached hydrogen (secondary N) is 1. The molecule has 3 aromatic rings. The fourth-order valence-electron chi connectivity index (χ4n) is 4.17. The van der Waals surface area contributed by atoms with E-state index in [-0.39, 0.29) is 12.1 Å². The molecule has 5 atom stereocenters. The molecule has 2 fully saturated rings. The highest BCUT2D eigenvalue weighted by Gasteiger charge is 2.51. The third-order valence-corrected chi connectivity index (χ3v) is 6.50. The number of imidazole rings is 1. The van der Waals surface area contributed by atoms with Crippen molar-refractivity contribution in [3.05, 3.63) is 40.8 Å². The monoisotopic (exact) mass is 417 g/mol. The van der Waals surface area contributed by atoms with Gasteiger partial charge in [0, 0.05) is 23.6 Å². The number of ether oxygens (including phenoxy) is 4. The zero-order valence-electron chi connectivity index (χ0n) is 16.1. The average molecular weight is 417 g/mol. The Morgan fingerprint density at radius 2 is 2.14 bits per heavy atom. The van der Waals surface area contributed by atoms with Crippen molar-refractivity contribution in [2.24, 2.45) is 0 Å². The molecule has 2 aliphatic heterocycles. The number of aliphatic hydroxyl groups is 1. The molecule has 2 N–H and O–H groups in total. The van der Waals surface area contributed by atoms with Crippen LogP contribution in [0.5, 0.6) is 11.5 Å². The highest BCUT2D eigenvalue weighted by Crippen LogP contribution is 2.39. The third-order valence-electron chi connectivity index (χ3n) is 5.62. The molecular weight excluding hydrogens is 394 g/mol. The Bertz CT molecular complexity index is 992. The number of hydrogen-bond donors (Lipinski definition) is 2. The van der Waals surface area contributed by atoms with Gasteiger partial charge in [-0.1, -0.05) is 6.07 Å². The average Bonchev–Trinajstić information content (AvgIpc) is 3.48. The van der Waals surface area contributed by atoms with Crippen molar-refractivity contribution in [1.82, 2.24) is 14.9 Å². The second-order valence-corrected chi connectivity index (χ2v) is 8.22. The Labute approximate surface area is 172 Å². The van der Waals surface area contributed by atoms with Gasteiger partial charge in [0.25, 0.3) is 0 Å². The molecule has 0 radical (unpaired) electrons. The fourth-order valence-corrected chi connectivity index (χ4v) is 4.83. The molecule has 1 aromatic carbocycles. The molecule has 5 rings (SSSR count). The van der Waals surface area contributed by atoms with Crippen LogP contribution >= 0.6 is 11.3 Å². The molecule has 2 aromatic heterocycles. The minimum Gasteiger partial charge on any atom is -0.493 e. The van der Waals surface area contributed by atoms with Gasteiger partial charge >= 0.3 is 0 Å². The van der Waals surface area contributed by atoms with Gasteiger partial charge in [-0.15, -0.1) is 11.3 Å². The molecule has 4 heterocycles. The largest absolute Gasteiger partial charge is 0.493 e. The molecule has 2 saturated heterocycles. The Balaban J connectivity index is 1.48. The predicted octanol–water partition coefficient (Wildman–Crippen LogP) is 1.93. The normalized spacial score (nSPS) is 28.7. The zero-order chi connectivity index (χ0) is 20.0. The van der Waals surface area contributed by atoms with Crippen LogP contribution in [0.15, 0.2) is 36.0 Å². The van der Waals surface area contributed by atoms with Crippen LogP contribution < -0.4 is 14.8 Å². The van der Waals surface area contributed by atoms with Crippen LogP contribution in [-0.4, -0.2) is 60.0 Å². The minimum atomic E-state index is -0.702. The first-order chi connectivity index (χ1) is 14.2. The number of rotatable bonds is 6. The molecule has 9 heteroatoms. The molecule has 0 saturated carbocycles. The van der Waals surface area contributed by atoms with E-state index in [1.165, 1.54) is 4.88 Å². The maximum absolute atomic E-state index is 11.3. The first kappa shape index (κ1) is 18.8. The van der Waals surface area contributed by atoms with Crippen LogP contribution in [0.2, 0.25) is 0 Å². The Hall–Kier alpha value is -2.17. The summed E-state index contributed by atoms with van der Waals surface area (Å²) in [5, 5.41) is 16.8. The van der Waals surface area contributed by atoms with E-state index in [4.69, 9.17) is 18.9 Å². The SMILES string of the molecule is COc1cc2ncn([C@H]3[C@@H]4OC[C@@H](O4)[C@@H](NCc4cccs4)[C@@H]3O)c2cc1OC. The quantitative estimate of drug-likeness (QED) is 0.634. The second kappa shape index (κ2) is 7.58. The predicted molar refractivity (Wildman–Crippen MR) is 107 cm³/mol. The smallest absolute Gasteiger partial charge is 0.181 e. The van der Waals surface area contributed by atoms with Gasteiger partial charge in [0.05, 0.1) is 50.3 Å². The van der Waals surface area contributed by atoms with Crippen molar-refractivity contribution in [2.45, 2.75) is 37.1 Å². The minimum absolute atomic E-state index is 0.185. The highest BCUT2D eigenvalue weighted by atomic mass is 32.1. The van der Waals surface area contributed by atoms with Crippen molar-refractivity contribution in [2.75, 3.05) is 20.8 Å². The number of nitrogens with zero attached hydrogens (tertiary/aromatic N) is 2. The lowest BCUT2D eigenvalue weighted by Gasteiger charge is -2.39. The van der Waals surface area contributed by atoms with Crippen molar-refractivity contribution in [3.8, 4) is 11.5 Å². The van der Waals surface area contributed by atoms with Gasteiger partial charge in [-0.3, -0.25) is 0 Å². The van der Waals surface area contributed by atoms with E-state index in [1.807, 2.05) is 28.1 Å². The zero-order valence-corrected chi connectivity index (χ0v) is 17.0. The van der Waals surface area contributed by atoms with Crippen LogP contribution in [-0.2, 0) is 16.0 Å². The molecule has 0 spiro atoms.